The molecule has 96 valence electrons. The quantitative estimate of drug-likeness (QED) is 0.793. The summed E-state index contributed by atoms with van der Waals surface area (Å²) in [7, 11) is 0. The van der Waals surface area contributed by atoms with Crippen molar-refractivity contribution < 1.29 is 0 Å². The zero-order chi connectivity index (χ0) is 12.2. The summed E-state index contributed by atoms with van der Waals surface area (Å²) in [5.41, 5.74) is 0.499. The van der Waals surface area contributed by atoms with Gasteiger partial charge in [0.2, 0.25) is 0 Å². The number of nitrogens with zero attached hydrogens (tertiary/aromatic N) is 1. The molecule has 1 aliphatic heterocycles. The van der Waals surface area contributed by atoms with Gasteiger partial charge in [-0.15, -0.1) is 0 Å². The van der Waals surface area contributed by atoms with E-state index in [2.05, 4.69) is 44.8 Å². The molecule has 0 amide bonds. The van der Waals surface area contributed by atoms with Gasteiger partial charge in [-0.3, -0.25) is 0 Å². The highest BCUT2D eigenvalue weighted by Gasteiger charge is 2.28. The van der Waals surface area contributed by atoms with Crippen molar-refractivity contribution in [3.05, 3.63) is 0 Å². The lowest BCUT2D eigenvalue weighted by molar-refractivity contribution is 0.107. The molecule has 16 heavy (non-hydrogen) atoms. The number of likely N-dealkylation sites (N-methyl/N-ethyl adjacent to an activating group) is 1. The lowest BCUT2D eigenvalue weighted by Crippen LogP contribution is -2.44. The van der Waals surface area contributed by atoms with Gasteiger partial charge in [0.05, 0.1) is 0 Å². The van der Waals surface area contributed by atoms with Gasteiger partial charge in [0, 0.05) is 12.6 Å². The Labute approximate surface area is 102 Å². The lowest BCUT2D eigenvalue weighted by atomic mass is 9.75. The van der Waals surface area contributed by atoms with Crippen molar-refractivity contribution in [1.82, 2.24) is 10.2 Å². The van der Waals surface area contributed by atoms with E-state index >= 15 is 0 Å². The van der Waals surface area contributed by atoms with Crippen molar-refractivity contribution in [1.29, 1.82) is 0 Å². The van der Waals surface area contributed by atoms with E-state index in [0.29, 0.717) is 11.5 Å². The zero-order valence-electron chi connectivity index (χ0n) is 11.8. The maximum absolute atomic E-state index is 3.49. The van der Waals surface area contributed by atoms with Gasteiger partial charge in [0.15, 0.2) is 0 Å². The summed E-state index contributed by atoms with van der Waals surface area (Å²) in [4.78, 5) is 2.62. The van der Waals surface area contributed by atoms with Gasteiger partial charge in [0.1, 0.15) is 0 Å². The van der Waals surface area contributed by atoms with Gasteiger partial charge in [-0.2, -0.15) is 0 Å². The number of hydrogen-bond donors (Lipinski definition) is 1. The van der Waals surface area contributed by atoms with E-state index in [0.717, 1.165) is 12.5 Å². The van der Waals surface area contributed by atoms with Crippen LogP contribution in [0.1, 0.15) is 47.5 Å². The van der Waals surface area contributed by atoms with E-state index < -0.39 is 0 Å². The summed E-state index contributed by atoms with van der Waals surface area (Å²) in [6.07, 6.45) is 2.75. The highest BCUT2D eigenvalue weighted by atomic mass is 15.2. The summed E-state index contributed by atoms with van der Waals surface area (Å²) in [5.74, 6) is 0.915. The molecule has 0 aromatic rings. The van der Waals surface area contributed by atoms with Crippen molar-refractivity contribution in [2.45, 2.75) is 53.5 Å². The number of hydrogen-bond acceptors (Lipinski definition) is 2. The van der Waals surface area contributed by atoms with Crippen LogP contribution in [-0.2, 0) is 0 Å². The Bertz CT molecular complexity index is 187. The first-order valence-corrected chi connectivity index (χ1v) is 6.89. The summed E-state index contributed by atoms with van der Waals surface area (Å²) in [6, 6.07) is 0.635. The third-order valence-electron chi connectivity index (χ3n) is 3.90. The highest BCUT2D eigenvalue weighted by Crippen LogP contribution is 2.34. The number of rotatable bonds is 4. The molecule has 1 fully saturated rings. The van der Waals surface area contributed by atoms with Crippen LogP contribution in [0.15, 0.2) is 0 Å². The number of piperidine rings is 1. The van der Waals surface area contributed by atoms with Crippen molar-refractivity contribution >= 4 is 0 Å². The fourth-order valence-electron chi connectivity index (χ4n) is 2.78. The highest BCUT2D eigenvalue weighted by molar-refractivity contribution is 4.81. The monoisotopic (exact) mass is 226 g/mol. The minimum Gasteiger partial charge on any atom is -0.313 e. The molecule has 0 radical (unpaired) electrons. The van der Waals surface area contributed by atoms with Gasteiger partial charge >= 0.3 is 0 Å². The molecule has 1 atom stereocenters. The SMILES string of the molecule is CCNC(C)CN1CCC(C(C)(C)C)CC1. The second-order valence-corrected chi connectivity index (χ2v) is 6.40. The Kier molecular flexibility index (Phi) is 5.26. The predicted octanol–water partition coefficient (Wildman–Crippen LogP) is 2.74. The lowest BCUT2D eigenvalue weighted by Gasteiger charge is -2.39. The van der Waals surface area contributed by atoms with Gasteiger partial charge in [0.25, 0.3) is 0 Å². The molecule has 1 heterocycles. The van der Waals surface area contributed by atoms with E-state index in [4.69, 9.17) is 0 Å². The molecule has 1 aliphatic rings. The number of nitrogens with one attached hydrogen (secondary N) is 1. The van der Waals surface area contributed by atoms with Crippen LogP contribution in [0.25, 0.3) is 0 Å². The molecular formula is C14H30N2. The predicted molar refractivity (Wildman–Crippen MR) is 71.8 cm³/mol. The fraction of sp³-hybridized carbons (Fsp3) is 1.00. The van der Waals surface area contributed by atoms with Gasteiger partial charge in [-0.1, -0.05) is 27.7 Å². The van der Waals surface area contributed by atoms with Crippen LogP contribution in [0.3, 0.4) is 0 Å². The first-order valence-electron chi connectivity index (χ1n) is 6.89. The van der Waals surface area contributed by atoms with Crippen LogP contribution in [0.4, 0.5) is 0 Å². The van der Waals surface area contributed by atoms with Crippen molar-refractivity contribution in [2.24, 2.45) is 11.3 Å². The molecule has 1 unspecified atom stereocenters. The summed E-state index contributed by atoms with van der Waals surface area (Å²) in [5, 5.41) is 3.49. The molecule has 0 saturated carbocycles. The Morgan fingerprint density at radius 2 is 1.81 bits per heavy atom. The molecule has 0 aliphatic carbocycles. The molecule has 1 rings (SSSR count). The van der Waals surface area contributed by atoms with Crippen LogP contribution in [0.2, 0.25) is 0 Å². The first kappa shape index (κ1) is 14.0. The summed E-state index contributed by atoms with van der Waals surface area (Å²) >= 11 is 0. The second kappa shape index (κ2) is 6.02. The average Bonchev–Trinajstić information content (AvgIpc) is 2.17. The maximum Gasteiger partial charge on any atom is 0.0166 e. The molecule has 2 nitrogen and oxygen atoms in total. The third-order valence-corrected chi connectivity index (χ3v) is 3.90. The Morgan fingerprint density at radius 1 is 1.25 bits per heavy atom. The third kappa shape index (κ3) is 4.42. The molecule has 0 bridgehead atoms. The van der Waals surface area contributed by atoms with Crippen molar-refractivity contribution in [3.8, 4) is 0 Å². The van der Waals surface area contributed by atoms with Crippen LogP contribution in [0, 0.1) is 11.3 Å². The van der Waals surface area contributed by atoms with Crippen LogP contribution in [-0.4, -0.2) is 37.1 Å². The molecule has 2 heteroatoms. The largest absolute Gasteiger partial charge is 0.313 e. The molecule has 1 N–H and O–H groups in total. The maximum atomic E-state index is 3.49. The van der Waals surface area contributed by atoms with Gasteiger partial charge in [-0.25, -0.2) is 0 Å². The van der Waals surface area contributed by atoms with Crippen LogP contribution >= 0.6 is 0 Å². The standard InChI is InChI=1S/C14H30N2/c1-6-15-12(2)11-16-9-7-13(8-10-16)14(3,4)5/h12-13,15H,6-11H2,1-5H3. The summed E-state index contributed by atoms with van der Waals surface area (Å²) in [6.45, 7) is 16.5. The van der Waals surface area contributed by atoms with Crippen LogP contribution in [0.5, 0.6) is 0 Å². The molecular weight excluding hydrogens is 196 g/mol. The summed E-state index contributed by atoms with van der Waals surface area (Å²) < 4.78 is 0. The Hall–Kier alpha value is -0.0800. The molecule has 0 aromatic heterocycles. The first-order chi connectivity index (χ1) is 7.43. The minimum absolute atomic E-state index is 0.499. The normalized spacial score (nSPS) is 22.3. The smallest absolute Gasteiger partial charge is 0.0166 e. The van der Waals surface area contributed by atoms with E-state index in [9.17, 15) is 0 Å². The minimum atomic E-state index is 0.499. The molecule has 0 spiro atoms. The van der Waals surface area contributed by atoms with Gasteiger partial charge < -0.3 is 10.2 Å². The molecule has 1 saturated heterocycles. The van der Waals surface area contributed by atoms with E-state index in [-0.39, 0.29) is 0 Å². The second-order valence-electron chi connectivity index (χ2n) is 6.40. The average molecular weight is 226 g/mol. The zero-order valence-corrected chi connectivity index (χ0v) is 11.8. The fourth-order valence-corrected chi connectivity index (χ4v) is 2.78. The number of likely N-dealkylation sites (tertiary alicyclic amines) is 1. The van der Waals surface area contributed by atoms with Crippen molar-refractivity contribution in [3.63, 3.8) is 0 Å². The van der Waals surface area contributed by atoms with Crippen molar-refractivity contribution in [2.75, 3.05) is 26.2 Å². The van der Waals surface area contributed by atoms with E-state index in [1.54, 1.807) is 0 Å². The molecule has 0 aromatic carbocycles. The van der Waals surface area contributed by atoms with E-state index in [1.807, 2.05) is 0 Å². The van der Waals surface area contributed by atoms with Crippen LogP contribution < -0.4 is 5.32 Å². The topological polar surface area (TPSA) is 15.3 Å². The Balaban J connectivity index is 2.27. The van der Waals surface area contributed by atoms with Gasteiger partial charge in [-0.05, 0) is 50.7 Å². The van der Waals surface area contributed by atoms with E-state index in [1.165, 1.54) is 32.5 Å². The Morgan fingerprint density at radius 3 is 2.25 bits per heavy atom.